The van der Waals surface area contributed by atoms with Gasteiger partial charge in [0.25, 0.3) is 0 Å². The molecule has 0 aliphatic carbocycles. The number of phenols is 1. The number of rotatable bonds is 2. The summed E-state index contributed by atoms with van der Waals surface area (Å²) in [6.45, 7) is 1.54. The molecule has 0 unspecified atom stereocenters. The number of carbonyl (C=O) groups is 1. The second-order valence-electron chi connectivity index (χ2n) is 2.62. The predicted molar refractivity (Wildman–Crippen MR) is 44.2 cm³/mol. The van der Waals surface area contributed by atoms with Crippen molar-refractivity contribution in [1.29, 1.82) is 0 Å². The summed E-state index contributed by atoms with van der Waals surface area (Å²) in [4.78, 5) is 10.5. The van der Waals surface area contributed by atoms with Gasteiger partial charge in [-0.1, -0.05) is 18.2 Å². The molecule has 0 aliphatic heterocycles. The third kappa shape index (κ3) is 1.56. The van der Waals surface area contributed by atoms with Crippen LogP contribution >= 0.6 is 0 Å². The number of benzene rings is 1. The van der Waals surface area contributed by atoms with Crippen molar-refractivity contribution in [3.05, 3.63) is 29.8 Å². The number of hydrogen-bond donors (Lipinski definition) is 2. The zero-order valence-corrected chi connectivity index (χ0v) is 6.69. The lowest BCUT2D eigenvalue weighted by atomic mass is 10.0. The van der Waals surface area contributed by atoms with E-state index in [1.165, 1.54) is 13.0 Å². The molecule has 0 saturated heterocycles. The minimum Gasteiger partial charge on any atom is -0.508 e. The van der Waals surface area contributed by atoms with E-state index >= 15 is 0 Å². The Bertz CT molecular complexity index is 294. The number of carboxylic acids is 1. The summed E-state index contributed by atoms with van der Waals surface area (Å²) in [5.74, 6) is -1.56. The molecule has 1 aromatic rings. The van der Waals surface area contributed by atoms with Gasteiger partial charge in [0.2, 0.25) is 0 Å². The van der Waals surface area contributed by atoms with Crippen LogP contribution in [0.4, 0.5) is 0 Å². The van der Waals surface area contributed by atoms with Crippen LogP contribution in [-0.4, -0.2) is 16.2 Å². The Hall–Kier alpha value is -1.51. The molecule has 3 nitrogen and oxygen atoms in total. The SMILES string of the molecule is C[C@@H](C(=O)O)c1ccccc1O. The average Bonchev–Trinajstić information content (AvgIpc) is 2.04. The van der Waals surface area contributed by atoms with Crippen molar-refractivity contribution in [2.75, 3.05) is 0 Å². The molecule has 0 radical (unpaired) electrons. The van der Waals surface area contributed by atoms with Crippen LogP contribution in [0.15, 0.2) is 24.3 Å². The molecule has 2 N–H and O–H groups in total. The van der Waals surface area contributed by atoms with Crippen molar-refractivity contribution in [3.63, 3.8) is 0 Å². The van der Waals surface area contributed by atoms with Crippen LogP contribution in [0.25, 0.3) is 0 Å². The largest absolute Gasteiger partial charge is 0.508 e. The zero-order chi connectivity index (χ0) is 9.14. The van der Waals surface area contributed by atoms with E-state index in [0.717, 1.165) is 0 Å². The molecule has 1 rings (SSSR count). The molecule has 12 heavy (non-hydrogen) atoms. The lowest BCUT2D eigenvalue weighted by Gasteiger charge is -2.07. The lowest BCUT2D eigenvalue weighted by Crippen LogP contribution is -2.07. The summed E-state index contributed by atoms with van der Waals surface area (Å²) in [7, 11) is 0. The Kier molecular flexibility index (Phi) is 2.33. The van der Waals surface area contributed by atoms with Crippen molar-refractivity contribution in [3.8, 4) is 5.75 Å². The Morgan fingerprint density at radius 2 is 2.00 bits per heavy atom. The Morgan fingerprint density at radius 3 is 2.50 bits per heavy atom. The van der Waals surface area contributed by atoms with Crippen molar-refractivity contribution in [2.45, 2.75) is 12.8 Å². The highest BCUT2D eigenvalue weighted by molar-refractivity contribution is 5.76. The number of para-hydroxylation sites is 1. The van der Waals surface area contributed by atoms with Crippen LogP contribution < -0.4 is 0 Å². The third-order valence-electron chi connectivity index (χ3n) is 1.77. The van der Waals surface area contributed by atoms with Crippen molar-refractivity contribution in [2.24, 2.45) is 0 Å². The van der Waals surface area contributed by atoms with Gasteiger partial charge < -0.3 is 10.2 Å². The van der Waals surface area contributed by atoms with Crippen LogP contribution in [0.2, 0.25) is 0 Å². The summed E-state index contributed by atoms with van der Waals surface area (Å²) in [5.41, 5.74) is 0.449. The Balaban J connectivity index is 3.02. The second-order valence-corrected chi connectivity index (χ2v) is 2.62. The fourth-order valence-corrected chi connectivity index (χ4v) is 0.987. The molecular weight excluding hydrogens is 156 g/mol. The first-order valence-electron chi connectivity index (χ1n) is 3.63. The Labute approximate surface area is 70.3 Å². The minimum atomic E-state index is -0.934. The molecule has 0 heterocycles. The smallest absolute Gasteiger partial charge is 0.310 e. The van der Waals surface area contributed by atoms with Gasteiger partial charge in [-0.05, 0) is 13.0 Å². The fraction of sp³-hybridized carbons (Fsp3) is 0.222. The van der Waals surface area contributed by atoms with Crippen molar-refractivity contribution >= 4 is 5.97 Å². The highest BCUT2D eigenvalue weighted by Crippen LogP contribution is 2.24. The number of phenolic OH excluding ortho intramolecular Hbond substituents is 1. The third-order valence-corrected chi connectivity index (χ3v) is 1.77. The van der Waals surface area contributed by atoms with E-state index in [1.54, 1.807) is 18.2 Å². The van der Waals surface area contributed by atoms with Gasteiger partial charge in [-0.15, -0.1) is 0 Å². The lowest BCUT2D eigenvalue weighted by molar-refractivity contribution is -0.138. The summed E-state index contributed by atoms with van der Waals surface area (Å²) < 4.78 is 0. The van der Waals surface area contributed by atoms with Gasteiger partial charge in [-0.25, -0.2) is 0 Å². The van der Waals surface area contributed by atoms with Gasteiger partial charge in [0.1, 0.15) is 5.75 Å². The molecule has 0 spiro atoms. The van der Waals surface area contributed by atoms with E-state index in [-0.39, 0.29) is 5.75 Å². The zero-order valence-electron chi connectivity index (χ0n) is 6.69. The molecule has 0 aromatic heterocycles. The highest BCUT2D eigenvalue weighted by atomic mass is 16.4. The molecule has 0 bridgehead atoms. The van der Waals surface area contributed by atoms with Crippen molar-refractivity contribution in [1.82, 2.24) is 0 Å². The highest BCUT2D eigenvalue weighted by Gasteiger charge is 2.16. The van der Waals surface area contributed by atoms with E-state index in [4.69, 9.17) is 5.11 Å². The van der Waals surface area contributed by atoms with E-state index in [1.807, 2.05) is 0 Å². The topological polar surface area (TPSA) is 57.5 Å². The summed E-state index contributed by atoms with van der Waals surface area (Å²) in [6.07, 6.45) is 0. The summed E-state index contributed by atoms with van der Waals surface area (Å²) in [5, 5.41) is 17.9. The molecule has 0 saturated carbocycles. The van der Waals surface area contributed by atoms with Crippen molar-refractivity contribution < 1.29 is 15.0 Å². The van der Waals surface area contributed by atoms with E-state index in [0.29, 0.717) is 5.56 Å². The normalized spacial score (nSPS) is 12.4. The number of aliphatic carboxylic acids is 1. The fourth-order valence-electron chi connectivity index (χ4n) is 0.987. The first kappa shape index (κ1) is 8.59. The molecule has 3 heteroatoms. The first-order chi connectivity index (χ1) is 5.63. The molecule has 1 atom stereocenters. The molecule has 64 valence electrons. The quantitative estimate of drug-likeness (QED) is 0.701. The standard InChI is InChI=1S/C9H10O3/c1-6(9(11)12)7-4-2-3-5-8(7)10/h2-6,10H,1H3,(H,11,12)/t6-/m1/s1. The van der Waals surface area contributed by atoms with Crippen LogP contribution in [0, 0.1) is 0 Å². The summed E-state index contributed by atoms with van der Waals surface area (Å²) >= 11 is 0. The maximum absolute atomic E-state index is 10.5. The van der Waals surface area contributed by atoms with E-state index in [9.17, 15) is 9.90 Å². The number of hydrogen-bond acceptors (Lipinski definition) is 2. The summed E-state index contributed by atoms with van der Waals surface area (Å²) in [6, 6.07) is 6.45. The van der Waals surface area contributed by atoms with Gasteiger partial charge in [0, 0.05) is 5.56 Å². The first-order valence-corrected chi connectivity index (χ1v) is 3.63. The molecule has 0 amide bonds. The Morgan fingerprint density at radius 1 is 1.42 bits per heavy atom. The van der Waals surface area contributed by atoms with Gasteiger partial charge in [0.05, 0.1) is 5.92 Å². The second kappa shape index (κ2) is 3.26. The maximum atomic E-state index is 10.5. The van der Waals surface area contributed by atoms with E-state index < -0.39 is 11.9 Å². The molecule has 0 aliphatic rings. The number of carboxylic acid groups (broad SMARTS) is 1. The molecule has 1 aromatic carbocycles. The van der Waals surface area contributed by atoms with Gasteiger partial charge in [-0.3, -0.25) is 4.79 Å². The van der Waals surface area contributed by atoms with Gasteiger partial charge in [0.15, 0.2) is 0 Å². The van der Waals surface area contributed by atoms with Crippen LogP contribution in [0.3, 0.4) is 0 Å². The molecule has 0 fully saturated rings. The molecular formula is C9H10O3. The minimum absolute atomic E-state index is 0.0346. The van der Waals surface area contributed by atoms with Gasteiger partial charge in [-0.2, -0.15) is 0 Å². The number of aromatic hydroxyl groups is 1. The maximum Gasteiger partial charge on any atom is 0.310 e. The monoisotopic (exact) mass is 166 g/mol. The average molecular weight is 166 g/mol. The van der Waals surface area contributed by atoms with Crippen LogP contribution in [0.1, 0.15) is 18.4 Å². The van der Waals surface area contributed by atoms with Crippen LogP contribution in [0.5, 0.6) is 5.75 Å². The van der Waals surface area contributed by atoms with Crippen LogP contribution in [-0.2, 0) is 4.79 Å². The van der Waals surface area contributed by atoms with Gasteiger partial charge >= 0.3 is 5.97 Å². The van der Waals surface area contributed by atoms with E-state index in [2.05, 4.69) is 0 Å². The predicted octanol–water partition coefficient (Wildman–Crippen LogP) is 1.58.